The Bertz CT molecular complexity index is 821. The van der Waals surface area contributed by atoms with Gasteiger partial charge >= 0.3 is 0 Å². The Morgan fingerprint density at radius 2 is 1.96 bits per heavy atom. The van der Waals surface area contributed by atoms with E-state index in [4.69, 9.17) is 23.2 Å². The molecule has 0 bridgehead atoms. The molecule has 7 heteroatoms. The predicted octanol–water partition coefficient (Wildman–Crippen LogP) is 3.62. The van der Waals surface area contributed by atoms with Gasteiger partial charge in [0.15, 0.2) is 0 Å². The monoisotopic (exact) mass is 391 g/mol. The van der Waals surface area contributed by atoms with Crippen LogP contribution in [0, 0.1) is 6.92 Å². The van der Waals surface area contributed by atoms with Crippen LogP contribution in [-0.2, 0) is 11.3 Å². The summed E-state index contributed by atoms with van der Waals surface area (Å²) in [5.41, 5.74) is 2.07. The number of likely N-dealkylation sites (tertiary alicyclic amines) is 1. The van der Waals surface area contributed by atoms with Crippen LogP contribution in [0.1, 0.15) is 34.6 Å². The van der Waals surface area contributed by atoms with Gasteiger partial charge in [0.05, 0.1) is 12.2 Å². The van der Waals surface area contributed by atoms with Crippen molar-refractivity contribution in [2.24, 2.45) is 0 Å². The summed E-state index contributed by atoms with van der Waals surface area (Å²) >= 11 is 12.0. The zero-order valence-electron chi connectivity index (χ0n) is 14.3. The molecule has 1 aromatic heterocycles. The highest BCUT2D eigenvalue weighted by Gasteiger charge is 2.34. The molecule has 0 spiro atoms. The van der Waals surface area contributed by atoms with E-state index in [2.05, 4.69) is 10.3 Å². The third-order valence-electron chi connectivity index (χ3n) is 4.32. The summed E-state index contributed by atoms with van der Waals surface area (Å²) in [5.74, 6) is -0.409. The number of carbonyl (C=O) groups is 2. The standard InChI is InChI=1S/C19H19Cl2N3O2/c1-12-4-2-5-16(23-12)11-22-18(25)17-6-3-7-24(17)19(26)13-8-14(20)10-15(21)9-13/h2,4-5,8-10,17H,3,6-7,11H2,1H3,(H,22,25). The topological polar surface area (TPSA) is 62.3 Å². The lowest BCUT2D eigenvalue weighted by molar-refractivity contribution is -0.125. The molecule has 0 aliphatic carbocycles. The first kappa shape index (κ1) is 18.7. The SMILES string of the molecule is Cc1cccc(CNC(=O)C2CCCN2C(=O)c2cc(Cl)cc(Cl)c2)n1. The fourth-order valence-electron chi connectivity index (χ4n) is 3.12. The number of hydrogen-bond acceptors (Lipinski definition) is 3. The van der Waals surface area contributed by atoms with E-state index in [0.717, 1.165) is 17.8 Å². The smallest absolute Gasteiger partial charge is 0.254 e. The number of hydrogen-bond donors (Lipinski definition) is 1. The molecule has 26 heavy (non-hydrogen) atoms. The van der Waals surface area contributed by atoms with Crippen molar-refractivity contribution in [3.05, 3.63) is 63.4 Å². The van der Waals surface area contributed by atoms with Crippen molar-refractivity contribution in [2.45, 2.75) is 32.4 Å². The molecule has 5 nitrogen and oxygen atoms in total. The third-order valence-corrected chi connectivity index (χ3v) is 4.75. The Kier molecular flexibility index (Phi) is 5.79. The molecule has 3 rings (SSSR count). The van der Waals surface area contributed by atoms with Gasteiger partial charge in [-0.1, -0.05) is 29.3 Å². The van der Waals surface area contributed by atoms with Crippen molar-refractivity contribution >= 4 is 35.0 Å². The molecule has 1 aliphatic rings. The maximum absolute atomic E-state index is 12.8. The van der Waals surface area contributed by atoms with Crippen LogP contribution in [-0.4, -0.2) is 34.3 Å². The first-order valence-electron chi connectivity index (χ1n) is 8.41. The molecule has 1 aliphatic heterocycles. The van der Waals surface area contributed by atoms with Crippen molar-refractivity contribution < 1.29 is 9.59 Å². The number of pyridine rings is 1. The van der Waals surface area contributed by atoms with E-state index in [1.165, 1.54) is 0 Å². The Hall–Kier alpha value is -2.11. The molecule has 136 valence electrons. The molecule has 2 aromatic rings. The van der Waals surface area contributed by atoms with Gasteiger partial charge in [-0.05, 0) is 50.1 Å². The van der Waals surface area contributed by atoms with E-state index in [1.54, 1.807) is 23.1 Å². The Labute approximate surface area is 162 Å². The number of aryl methyl sites for hydroxylation is 1. The van der Waals surface area contributed by atoms with Gasteiger partial charge in [-0.2, -0.15) is 0 Å². The van der Waals surface area contributed by atoms with Crippen LogP contribution in [0.3, 0.4) is 0 Å². The number of aromatic nitrogens is 1. The van der Waals surface area contributed by atoms with Gasteiger partial charge < -0.3 is 10.2 Å². The van der Waals surface area contributed by atoms with Crippen LogP contribution in [0.25, 0.3) is 0 Å². The van der Waals surface area contributed by atoms with E-state index in [9.17, 15) is 9.59 Å². The van der Waals surface area contributed by atoms with Crippen molar-refractivity contribution in [1.82, 2.24) is 15.2 Å². The minimum absolute atomic E-state index is 0.174. The predicted molar refractivity (Wildman–Crippen MR) is 101 cm³/mol. The maximum atomic E-state index is 12.8. The summed E-state index contributed by atoms with van der Waals surface area (Å²) in [6.45, 7) is 2.77. The number of nitrogens with zero attached hydrogens (tertiary/aromatic N) is 2. The Balaban J connectivity index is 1.68. The molecule has 1 N–H and O–H groups in total. The largest absolute Gasteiger partial charge is 0.349 e. The average molecular weight is 392 g/mol. The number of benzene rings is 1. The van der Waals surface area contributed by atoms with Gasteiger partial charge in [-0.15, -0.1) is 0 Å². The van der Waals surface area contributed by atoms with Gasteiger partial charge in [-0.25, -0.2) is 0 Å². The number of halogens is 2. The summed E-state index contributed by atoms with van der Waals surface area (Å²) in [7, 11) is 0. The van der Waals surface area contributed by atoms with Gasteiger partial charge in [0.2, 0.25) is 5.91 Å². The molecule has 1 atom stereocenters. The summed E-state index contributed by atoms with van der Waals surface area (Å²) in [6, 6.07) is 9.88. The van der Waals surface area contributed by atoms with E-state index in [0.29, 0.717) is 35.1 Å². The zero-order chi connectivity index (χ0) is 18.7. The highest BCUT2D eigenvalue weighted by Crippen LogP contribution is 2.24. The molecule has 1 unspecified atom stereocenters. The van der Waals surface area contributed by atoms with Crippen LogP contribution in [0.4, 0.5) is 0 Å². The van der Waals surface area contributed by atoms with Crippen molar-refractivity contribution in [3.63, 3.8) is 0 Å². The number of rotatable bonds is 4. The lowest BCUT2D eigenvalue weighted by Crippen LogP contribution is -2.45. The molecular formula is C19H19Cl2N3O2. The lowest BCUT2D eigenvalue weighted by atomic mass is 10.1. The number of nitrogens with one attached hydrogen (secondary N) is 1. The summed E-state index contributed by atoms with van der Waals surface area (Å²) in [5, 5.41) is 3.67. The molecular weight excluding hydrogens is 373 g/mol. The molecule has 1 saturated heterocycles. The number of amides is 2. The molecule has 2 heterocycles. The van der Waals surface area contributed by atoms with Gasteiger partial charge in [0.25, 0.3) is 5.91 Å². The van der Waals surface area contributed by atoms with E-state index in [-0.39, 0.29) is 11.8 Å². The van der Waals surface area contributed by atoms with Crippen molar-refractivity contribution in [2.75, 3.05) is 6.54 Å². The van der Waals surface area contributed by atoms with Crippen LogP contribution in [0.5, 0.6) is 0 Å². The van der Waals surface area contributed by atoms with E-state index >= 15 is 0 Å². The third kappa shape index (κ3) is 4.34. The molecule has 0 saturated carbocycles. The first-order chi connectivity index (χ1) is 12.4. The fraction of sp³-hybridized carbons (Fsp3) is 0.316. The van der Waals surface area contributed by atoms with Gasteiger partial charge in [-0.3, -0.25) is 14.6 Å². The highest BCUT2D eigenvalue weighted by molar-refractivity contribution is 6.35. The zero-order valence-corrected chi connectivity index (χ0v) is 15.8. The molecule has 0 radical (unpaired) electrons. The quantitative estimate of drug-likeness (QED) is 0.865. The van der Waals surface area contributed by atoms with Crippen LogP contribution in [0.2, 0.25) is 10.0 Å². The van der Waals surface area contributed by atoms with Gasteiger partial charge in [0.1, 0.15) is 6.04 Å². The van der Waals surface area contributed by atoms with Crippen molar-refractivity contribution in [3.8, 4) is 0 Å². The van der Waals surface area contributed by atoms with Crippen LogP contribution in [0.15, 0.2) is 36.4 Å². The average Bonchev–Trinajstić information content (AvgIpc) is 3.08. The fourth-order valence-corrected chi connectivity index (χ4v) is 3.64. The maximum Gasteiger partial charge on any atom is 0.254 e. The molecule has 1 fully saturated rings. The summed E-state index contributed by atoms with van der Waals surface area (Å²) in [6.07, 6.45) is 1.41. The lowest BCUT2D eigenvalue weighted by Gasteiger charge is -2.24. The van der Waals surface area contributed by atoms with Gasteiger partial charge in [0, 0.05) is 27.8 Å². The second-order valence-electron chi connectivity index (χ2n) is 6.30. The van der Waals surface area contributed by atoms with Crippen molar-refractivity contribution in [1.29, 1.82) is 0 Å². The highest BCUT2D eigenvalue weighted by atomic mass is 35.5. The van der Waals surface area contributed by atoms with Crippen LogP contribution < -0.4 is 5.32 Å². The summed E-state index contributed by atoms with van der Waals surface area (Å²) in [4.78, 5) is 31.4. The van der Waals surface area contributed by atoms with Crippen LogP contribution >= 0.6 is 23.2 Å². The van der Waals surface area contributed by atoms with E-state index in [1.807, 2.05) is 25.1 Å². The normalized spacial score (nSPS) is 16.6. The minimum Gasteiger partial charge on any atom is -0.349 e. The second kappa shape index (κ2) is 8.06. The summed E-state index contributed by atoms with van der Waals surface area (Å²) < 4.78 is 0. The Morgan fingerprint density at radius 3 is 2.65 bits per heavy atom. The Morgan fingerprint density at radius 1 is 1.23 bits per heavy atom. The van der Waals surface area contributed by atoms with E-state index < -0.39 is 6.04 Å². The number of carbonyl (C=O) groups excluding carboxylic acids is 2. The first-order valence-corrected chi connectivity index (χ1v) is 9.17. The minimum atomic E-state index is -0.495. The second-order valence-corrected chi connectivity index (χ2v) is 7.18. The molecule has 2 amide bonds. The molecule has 1 aromatic carbocycles.